The Bertz CT molecular complexity index is 576. The molecule has 0 spiro atoms. The molecular weight excluding hydrogens is 280 g/mol. The van der Waals surface area contributed by atoms with Gasteiger partial charge in [0.1, 0.15) is 4.90 Å². The van der Waals surface area contributed by atoms with Crippen molar-refractivity contribution >= 4 is 21.4 Å². The highest BCUT2D eigenvalue weighted by molar-refractivity contribution is 7.89. The van der Waals surface area contributed by atoms with Gasteiger partial charge in [-0.05, 0) is 19.2 Å². The summed E-state index contributed by atoms with van der Waals surface area (Å²) < 4.78 is 28.4. The van der Waals surface area contributed by atoms with Crippen molar-refractivity contribution in [3.05, 3.63) is 18.2 Å². The first kappa shape index (κ1) is 15.0. The molecule has 0 radical (unpaired) electrons. The van der Waals surface area contributed by atoms with E-state index < -0.39 is 10.0 Å². The number of nitrogens with two attached hydrogens (primary N) is 2. The molecule has 7 nitrogen and oxygen atoms in total. The number of nitrogens with one attached hydrogen (secondary N) is 1. The van der Waals surface area contributed by atoms with Crippen LogP contribution in [-0.4, -0.2) is 52.7 Å². The number of nitrogen functional groups attached to an aromatic ring is 1. The molecule has 1 aromatic carbocycles. The fourth-order valence-electron chi connectivity index (χ4n) is 2.16. The molecule has 1 fully saturated rings. The summed E-state index contributed by atoms with van der Waals surface area (Å²) in [5.74, 6) is 0. The third-order valence-corrected chi connectivity index (χ3v) is 4.20. The maximum atomic E-state index is 11.4. The number of sulfonamides is 1. The zero-order valence-corrected chi connectivity index (χ0v) is 12.2. The van der Waals surface area contributed by atoms with E-state index in [1.165, 1.54) is 6.07 Å². The highest BCUT2D eigenvalue weighted by Gasteiger charge is 2.19. The standard InChI is InChI=1S/C12H20N4O3S/c1-16-5-6-19-9(8-16)7-15-10-3-2-4-11(12(10)13)20(14,17)18/h2-4,9,15H,5-8,13H2,1H3,(H2,14,17,18). The predicted molar refractivity (Wildman–Crippen MR) is 78.0 cm³/mol. The summed E-state index contributed by atoms with van der Waals surface area (Å²) in [5, 5.41) is 8.24. The summed E-state index contributed by atoms with van der Waals surface area (Å²) in [5.41, 5.74) is 6.53. The van der Waals surface area contributed by atoms with E-state index in [9.17, 15) is 8.42 Å². The van der Waals surface area contributed by atoms with Gasteiger partial charge in [-0.15, -0.1) is 0 Å². The fourth-order valence-corrected chi connectivity index (χ4v) is 2.85. The van der Waals surface area contributed by atoms with Crippen molar-refractivity contribution in [3.8, 4) is 0 Å². The molecule has 1 heterocycles. The van der Waals surface area contributed by atoms with Crippen molar-refractivity contribution in [2.24, 2.45) is 5.14 Å². The summed E-state index contributed by atoms with van der Waals surface area (Å²) >= 11 is 0. The normalized spacial score (nSPS) is 20.8. The molecule has 1 atom stereocenters. The van der Waals surface area contributed by atoms with Gasteiger partial charge in [0, 0.05) is 19.6 Å². The largest absolute Gasteiger partial charge is 0.396 e. The summed E-state index contributed by atoms with van der Waals surface area (Å²) in [6.45, 7) is 2.99. The Hall–Kier alpha value is -1.35. The number of ether oxygens (including phenoxy) is 1. The summed E-state index contributed by atoms with van der Waals surface area (Å²) in [6.07, 6.45) is 0.0475. The molecule has 0 aromatic heterocycles. The van der Waals surface area contributed by atoms with Crippen LogP contribution in [-0.2, 0) is 14.8 Å². The smallest absolute Gasteiger partial charge is 0.240 e. The molecule has 112 valence electrons. The van der Waals surface area contributed by atoms with Crippen molar-refractivity contribution in [2.45, 2.75) is 11.0 Å². The Morgan fingerprint density at radius 2 is 2.25 bits per heavy atom. The number of para-hydroxylation sites is 1. The van der Waals surface area contributed by atoms with Crippen molar-refractivity contribution in [3.63, 3.8) is 0 Å². The lowest BCUT2D eigenvalue weighted by molar-refractivity contribution is -0.0117. The van der Waals surface area contributed by atoms with Crippen LogP contribution < -0.4 is 16.2 Å². The molecule has 0 bridgehead atoms. The highest BCUT2D eigenvalue weighted by Crippen LogP contribution is 2.25. The lowest BCUT2D eigenvalue weighted by atomic mass is 10.2. The van der Waals surface area contributed by atoms with Crippen LogP contribution in [0.1, 0.15) is 0 Å². The van der Waals surface area contributed by atoms with E-state index >= 15 is 0 Å². The van der Waals surface area contributed by atoms with Crippen molar-refractivity contribution in [1.29, 1.82) is 0 Å². The first-order valence-corrected chi connectivity index (χ1v) is 7.88. The molecule has 1 aromatic rings. The second-order valence-corrected chi connectivity index (χ2v) is 6.43. The van der Waals surface area contributed by atoms with Crippen LogP contribution in [0.15, 0.2) is 23.1 Å². The third kappa shape index (κ3) is 3.60. The number of benzene rings is 1. The monoisotopic (exact) mass is 300 g/mol. The lowest BCUT2D eigenvalue weighted by Gasteiger charge is -2.30. The SMILES string of the molecule is CN1CCOC(CNc2cccc(S(N)(=O)=O)c2N)C1. The molecule has 0 saturated carbocycles. The summed E-state index contributed by atoms with van der Waals surface area (Å²) in [6, 6.07) is 4.71. The summed E-state index contributed by atoms with van der Waals surface area (Å²) in [4.78, 5) is 2.11. The van der Waals surface area contributed by atoms with Crippen LogP contribution in [0.2, 0.25) is 0 Å². The molecule has 1 aliphatic heterocycles. The Morgan fingerprint density at radius 1 is 1.50 bits per heavy atom. The Morgan fingerprint density at radius 3 is 2.90 bits per heavy atom. The van der Waals surface area contributed by atoms with E-state index in [-0.39, 0.29) is 16.7 Å². The molecule has 8 heteroatoms. The molecule has 5 N–H and O–H groups in total. The van der Waals surface area contributed by atoms with Crippen LogP contribution in [0.25, 0.3) is 0 Å². The van der Waals surface area contributed by atoms with Gasteiger partial charge in [-0.25, -0.2) is 13.6 Å². The number of morpholine rings is 1. The van der Waals surface area contributed by atoms with E-state index in [0.29, 0.717) is 18.8 Å². The first-order valence-electron chi connectivity index (χ1n) is 6.33. The minimum Gasteiger partial charge on any atom is -0.396 e. The Kier molecular flexibility index (Phi) is 4.48. The van der Waals surface area contributed by atoms with Crippen LogP contribution in [0.3, 0.4) is 0 Å². The average Bonchev–Trinajstić information content (AvgIpc) is 2.36. The van der Waals surface area contributed by atoms with Crippen molar-refractivity contribution in [2.75, 3.05) is 44.3 Å². The fraction of sp³-hybridized carbons (Fsp3) is 0.500. The van der Waals surface area contributed by atoms with Gasteiger partial charge in [-0.3, -0.25) is 0 Å². The Labute approximate surface area is 118 Å². The molecular formula is C12H20N4O3S. The van der Waals surface area contributed by atoms with E-state index in [4.69, 9.17) is 15.6 Å². The zero-order chi connectivity index (χ0) is 14.8. The highest BCUT2D eigenvalue weighted by atomic mass is 32.2. The molecule has 1 aliphatic rings. The second kappa shape index (κ2) is 5.96. The van der Waals surface area contributed by atoms with Gasteiger partial charge >= 0.3 is 0 Å². The van der Waals surface area contributed by atoms with Gasteiger partial charge in [-0.1, -0.05) is 6.07 Å². The van der Waals surface area contributed by atoms with Gasteiger partial charge in [0.15, 0.2) is 0 Å². The van der Waals surface area contributed by atoms with Gasteiger partial charge in [0.05, 0.1) is 24.1 Å². The van der Waals surface area contributed by atoms with Crippen LogP contribution >= 0.6 is 0 Å². The first-order chi connectivity index (χ1) is 9.38. The second-order valence-electron chi connectivity index (χ2n) is 4.90. The number of likely N-dealkylation sites (N-methyl/N-ethyl adjacent to an activating group) is 1. The van der Waals surface area contributed by atoms with Gasteiger partial charge in [0.25, 0.3) is 0 Å². The topological polar surface area (TPSA) is 111 Å². The number of anilines is 2. The van der Waals surface area contributed by atoms with Crippen LogP contribution in [0, 0.1) is 0 Å². The quantitative estimate of drug-likeness (QED) is 0.656. The van der Waals surface area contributed by atoms with E-state index in [1.54, 1.807) is 12.1 Å². The Balaban J connectivity index is 2.07. The molecule has 1 unspecified atom stereocenters. The number of hydrogen-bond donors (Lipinski definition) is 3. The molecule has 20 heavy (non-hydrogen) atoms. The van der Waals surface area contributed by atoms with E-state index in [1.807, 2.05) is 7.05 Å². The average molecular weight is 300 g/mol. The van der Waals surface area contributed by atoms with Crippen LogP contribution in [0.4, 0.5) is 11.4 Å². The zero-order valence-electron chi connectivity index (χ0n) is 11.4. The molecule has 1 saturated heterocycles. The maximum absolute atomic E-state index is 11.4. The van der Waals surface area contributed by atoms with E-state index in [0.717, 1.165) is 13.1 Å². The van der Waals surface area contributed by atoms with Gasteiger partial charge in [0.2, 0.25) is 10.0 Å². The number of primary sulfonamides is 1. The third-order valence-electron chi connectivity index (χ3n) is 3.23. The van der Waals surface area contributed by atoms with Crippen LogP contribution in [0.5, 0.6) is 0 Å². The van der Waals surface area contributed by atoms with Crippen molar-refractivity contribution in [1.82, 2.24) is 4.90 Å². The maximum Gasteiger partial charge on any atom is 0.240 e. The number of nitrogens with zero attached hydrogens (tertiary/aromatic N) is 1. The minimum atomic E-state index is -3.81. The minimum absolute atomic E-state index is 0.0475. The van der Waals surface area contributed by atoms with E-state index in [2.05, 4.69) is 10.2 Å². The van der Waals surface area contributed by atoms with Gasteiger partial charge < -0.3 is 20.7 Å². The lowest BCUT2D eigenvalue weighted by Crippen LogP contribution is -2.43. The van der Waals surface area contributed by atoms with Crippen molar-refractivity contribution < 1.29 is 13.2 Å². The molecule has 0 aliphatic carbocycles. The molecule has 2 rings (SSSR count). The summed E-state index contributed by atoms with van der Waals surface area (Å²) in [7, 11) is -1.78. The van der Waals surface area contributed by atoms with Gasteiger partial charge in [-0.2, -0.15) is 0 Å². The molecule has 0 amide bonds. The predicted octanol–water partition coefficient (Wildman–Crippen LogP) is -0.341. The number of hydrogen-bond acceptors (Lipinski definition) is 6. The number of rotatable bonds is 4.